The fourth-order valence-electron chi connectivity index (χ4n) is 2.99. The van der Waals surface area contributed by atoms with Gasteiger partial charge < -0.3 is 14.4 Å². The van der Waals surface area contributed by atoms with Gasteiger partial charge in [-0.3, -0.25) is 0 Å². The second-order valence-electron chi connectivity index (χ2n) is 7.60. The summed E-state index contributed by atoms with van der Waals surface area (Å²) < 4.78 is 52.4. The van der Waals surface area contributed by atoms with Crippen LogP contribution in [-0.4, -0.2) is 23.1 Å². The van der Waals surface area contributed by atoms with Crippen LogP contribution in [0.25, 0.3) is 0 Å². The topological polar surface area (TPSA) is 47.5 Å². The number of halogens is 3. The SMILES string of the molecule is CCN(c1ccc(OCC(C)C)cc1)c1nc(OCc2ccccc2)ncc1C(F)(F)F. The second kappa shape index (κ2) is 10.3. The maximum absolute atomic E-state index is 13.7. The molecule has 1 heterocycles. The van der Waals surface area contributed by atoms with Gasteiger partial charge in [-0.2, -0.15) is 18.2 Å². The summed E-state index contributed by atoms with van der Waals surface area (Å²) in [6, 6.07) is 16.1. The quantitative estimate of drug-likeness (QED) is 0.389. The molecule has 0 fully saturated rings. The van der Waals surface area contributed by atoms with Crippen LogP contribution in [0.5, 0.6) is 11.8 Å². The Morgan fingerprint density at radius 2 is 1.66 bits per heavy atom. The summed E-state index contributed by atoms with van der Waals surface area (Å²) in [6.07, 6.45) is -3.84. The number of rotatable bonds is 9. The monoisotopic (exact) mass is 445 g/mol. The highest BCUT2D eigenvalue weighted by atomic mass is 19.4. The van der Waals surface area contributed by atoms with E-state index < -0.39 is 11.7 Å². The minimum atomic E-state index is -4.61. The first kappa shape index (κ1) is 23.4. The zero-order valence-electron chi connectivity index (χ0n) is 18.3. The van der Waals surface area contributed by atoms with E-state index in [0.717, 1.165) is 11.8 Å². The van der Waals surface area contributed by atoms with Crippen LogP contribution in [0.2, 0.25) is 0 Å². The lowest BCUT2D eigenvalue weighted by molar-refractivity contribution is -0.137. The van der Waals surface area contributed by atoms with Crippen molar-refractivity contribution < 1.29 is 22.6 Å². The molecule has 0 saturated carbocycles. The molecule has 0 aliphatic rings. The van der Waals surface area contributed by atoms with Gasteiger partial charge in [0.15, 0.2) is 5.82 Å². The van der Waals surface area contributed by atoms with E-state index in [1.807, 2.05) is 44.2 Å². The lowest BCUT2D eigenvalue weighted by atomic mass is 10.2. The normalized spacial score (nSPS) is 11.5. The van der Waals surface area contributed by atoms with Gasteiger partial charge in [0, 0.05) is 18.4 Å². The summed E-state index contributed by atoms with van der Waals surface area (Å²) in [4.78, 5) is 9.39. The van der Waals surface area contributed by atoms with E-state index in [2.05, 4.69) is 9.97 Å². The fourth-order valence-corrected chi connectivity index (χ4v) is 2.99. The number of alkyl halides is 3. The van der Waals surface area contributed by atoms with E-state index in [1.165, 1.54) is 4.90 Å². The molecule has 2 aromatic carbocycles. The Hall–Kier alpha value is -3.29. The molecular weight excluding hydrogens is 419 g/mol. The molecule has 0 aliphatic carbocycles. The largest absolute Gasteiger partial charge is 0.493 e. The van der Waals surface area contributed by atoms with Crippen molar-refractivity contribution >= 4 is 11.5 Å². The van der Waals surface area contributed by atoms with E-state index in [1.54, 1.807) is 31.2 Å². The van der Waals surface area contributed by atoms with Gasteiger partial charge in [-0.1, -0.05) is 44.2 Å². The van der Waals surface area contributed by atoms with Crippen molar-refractivity contribution in [2.24, 2.45) is 5.92 Å². The average Bonchev–Trinajstić information content (AvgIpc) is 2.77. The van der Waals surface area contributed by atoms with Crippen molar-refractivity contribution in [1.29, 1.82) is 0 Å². The van der Waals surface area contributed by atoms with Gasteiger partial charge in [0.05, 0.1) is 6.61 Å². The van der Waals surface area contributed by atoms with Crippen LogP contribution < -0.4 is 14.4 Å². The molecule has 8 heteroatoms. The summed E-state index contributed by atoms with van der Waals surface area (Å²) in [7, 11) is 0. The first-order valence-electron chi connectivity index (χ1n) is 10.4. The first-order chi connectivity index (χ1) is 15.3. The Bertz CT molecular complexity index is 994. The minimum absolute atomic E-state index is 0.118. The predicted molar refractivity (Wildman–Crippen MR) is 117 cm³/mol. The molecule has 0 bridgehead atoms. The molecule has 170 valence electrons. The molecule has 0 radical (unpaired) electrons. The maximum atomic E-state index is 13.7. The summed E-state index contributed by atoms with van der Waals surface area (Å²) in [5.41, 5.74) is 0.496. The molecule has 32 heavy (non-hydrogen) atoms. The van der Waals surface area contributed by atoms with Gasteiger partial charge in [-0.15, -0.1) is 0 Å². The van der Waals surface area contributed by atoms with Crippen LogP contribution in [-0.2, 0) is 12.8 Å². The van der Waals surface area contributed by atoms with E-state index in [-0.39, 0.29) is 25.0 Å². The molecule has 0 saturated heterocycles. The van der Waals surface area contributed by atoms with Crippen molar-refractivity contribution in [2.45, 2.75) is 33.6 Å². The van der Waals surface area contributed by atoms with Crippen molar-refractivity contribution in [3.05, 3.63) is 71.9 Å². The Morgan fingerprint density at radius 1 is 0.969 bits per heavy atom. The van der Waals surface area contributed by atoms with Crippen LogP contribution >= 0.6 is 0 Å². The number of anilines is 2. The highest BCUT2D eigenvalue weighted by Gasteiger charge is 2.37. The lowest BCUT2D eigenvalue weighted by Gasteiger charge is -2.25. The molecule has 1 aromatic heterocycles. The third-order valence-corrected chi connectivity index (χ3v) is 4.57. The number of nitrogens with zero attached hydrogens (tertiary/aromatic N) is 3. The van der Waals surface area contributed by atoms with Gasteiger partial charge in [-0.05, 0) is 42.7 Å². The van der Waals surface area contributed by atoms with E-state index >= 15 is 0 Å². The zero-order chi connectivity index (χ0) is 23.1. The van der Waals surface area contributed by atoms with Gasteiger partial charge in [0.1, 0.15) is 17.9 Å². The molecular formula is C24H26F3N3O2. The van der Waals surface area contributed by atoms with Crippen LogP contribution in [0.1, 0.15) is 31.9 Å². The van der Waals surface area contributed by atoms with Crippen molar-refractivity contribution in [3.63, 3.8) is 0 Å². The Balaban J connectivity index is 1.89. The molecule has 3 rings (SSSR count). The molecule has 3 aromatic rings. The molecule has 0 amide bonds. The Morgan fingerprint density at radius 3 is 2.25 bits per heavy atom. The predicted octanol–water partition coefficient (Wildman–Crippen LogP) is 6.27. The van der Waals surface area contributed by atoms with Crippen LogP contribution in [0.15, 0.2) is 60.8 Å². The minimum Gasteiger partial charge on any atom is -0.493 e. The number of hydrogen-bond acceptors (Lipinski definition) is 5. The highest BCUT2D eigenvalue weighted by Crippen LogP contribution is 2.38. The Kier molecular flexibility index (Phi) is 7.56. The smallest absolute Gasteiger partial charge is 0.421 e. The molecule has 5 nitrogen and oxygen atoms in total. The van der Waals surface area contributed by atoms with E-state index in [0.29, 0.717) is 24.0 Å². The standard InChI is InChI=1S/C24H26F3N3O2/c1-4-30(19-10-12-20(13-11-19)31-15-17(2)3)22-21(24(25,26)27)14-28-23(29-22)32-16-18-8-6-5-7-9-18/h5-14,17H,4,15-16H2,1-3H3. The number of ether oxygens (including phenoxy) is 2. The summed E-state index contributed by atoms with van der Waals surface area (Å²) >= 11 is 0. The van der Waals surface area contributed by atoms with Gasteiger partial charge >= 0.3 is 12.2 Å². The average molecular weight is 445 g/mol. The van der Waals surface area contributed by atoms with Gasteiger partial charge in [0.2, 0.25) is 0 Å². The molecule has 0 atom stereocenters. The summed E-state index contributed by atoms with van der Waals surface area (Å²) in [5, 5.41) is 0. The maximum Gasteiger partial charge on any atom is 0.421 e. The molecule has 0 spiro atoms. The second-order valence-corrected chi connectivity index (χ2v) is 7.60. The summed E-state index contributed by atoms with van der Waals surface area (Å²) in [5.74, 6) is 0.768. The lowest BCUT2D eigenvalue weighted by Crippen LogP contribution is -2.23. The Labute approximate surface area is 185 Å². The van der Waals surface area contributed by atoms with Gasteiger partial charge in [0.25, 0.3) is 0 Å². The van der Waals surface area contributed by atoms with Crippen molar-refractivity contribution in [1.82, 2.24) is 9.97 Å². The molecule has 0 unspecified atom stereocenters. The third-order valence-electron chi connectivity index (χ3n) is 4.57. The highest BCUT2D eigenvalue weighted by molar-refractivity contribution is 5.64. The number of benzene rings is 2. The fraction of sp³-hybridized carbons (Fsp3) is 0.333. The molecule has 0 N–H and O–H groups in total. The summed E-state index contributed by atoms with van der Waals surface area (Å²) in [6.45, 7) is 6.82. The number of hydrogen-bond donors (Lipinski definition) is 0. The van der Waals surface area contributed by atoms with Crippen LogP contribution in [0.4, 0.5) is 24.7 Å². The molecule has 0 aliphatic heterocycles. The van der Waals surface area contributed by atoms with Gasteiger partial charge in [-0.25, -0.2) is 4.98 Å². The van der Waals surface area contributed by atoms with E-state index in [4.69, 9.17) is 9.47 Å². The van der Waals surface area contributed by atoms with Crippen molar-refractivity contribution in [2.75, 3.05) is 18.1 Å². The zero-order valence-corrected chi connectivity index (χ0v) is 18.3. The third kappa shape index (κ3) is 6.12. The van der Waals surface area contributed by atoms with Crippen LogP contribution in [0, 0.1) is 5.92 Å². The van der Waals surface area contributed by atoms with Crippen molar-refractivity contribution in [3.8, 4) is 11.8 Å². The number of aromatic nitrogens is 2. The van der Waals surface area contributed by atoms with E-state index in [9.17, 15) is 13.2 Å². The van der Waals surface area contributed by atoms with Crippen LogP contribution in [0.3, 0.4) is 0 Å². The first-order valence-corrected chi connectivity index (χ1v) is 10.4.